The van der Waals surface area contributed by atoms with Crippen LogP contribution in [0.5, 0.6) is 5.75 Å². The van der Waals surface area contributed by atoms with Crippen LogP contribution < -0.4 is 10.1 Å². The van der Waals surface area contributed by atoms with E-state index in [1.807, 2.05) is 34.9 Å². The highest BCUT2D eigenvalue weighted by Gasteiger charge is 2.16. The summed E-state index contributed by atoms with van der Waals surface area (Å²) >= 11 is 1.31. The van der Waals surface area contributed by atoms with Crippen LogP contribution in [-0.4, -0.2) is 39.5 Å². The lowest BCUT2D eigenvalue weighted by Gasteiger charge is -2.12. The lowest BCUT2D eigenvalue weighted by atomic mass is 10.1. The van der Waals surface area contributed by atoms with Crippen molar-refractivity contribution in [2.45, 2.75) is 38.6 Å². The number of hydrogen-bond donors (Lipinski definition) is 1. The van der Waals surface area contributed by atoms with Gasteiger partial charge in [0.15, 0.2) is 11.0 Å². The molecule has 0 atom stereocenters. The van der Waals surface area contributed by atoms with Crippen LogP contribution in [0.3, 0.4) is 0 Å². The largest absolute Gasteiger partial charge is 0.486 e. The summed E-state index contributed by atoms with van der Waals surface area (Å²) in [5.74, 6) is 1.49. The molecule has 1 N–H and O–H groups in total. The van der Waals surface area contributed by atoms with E-state index in [2.05, 4.69) is 29.4 Å². The molecule has 33 heavy (non-hydrogen) atoms. The highest BCUT2D eigenvalue weighted by atomic mass is 32.2. The molecule has 2 aromatic carbocycles. The van der Waals surface area contributed by atoms with Gasteiger partial charge in [-0.15, -0.1) is 10.2 Å². The van der Waals surface area contributed by atoms with Crippen molar-refractivity contribution in [2.24, 2.45) is 5.92 Å². The summed E-state index contributed by atoms with van der Waals surface area (Å²) in [4.78, 5) is 24.2. The molecule has 1 amide bonds. The molecule has 1 aromatic heterocycles. The van der Waals surface area contributed by atoms with E-state index in [-0.39, 0.29) is 11.7 Å². The summed E-state index contributed by atoms with van der Waals surface area (Å²) in [6, 6.07) is 16.2. The van der Waals surface area contributed by atoms with E-state index < -0.39 is 5.97 Å². The SMILES string of the molecule is COC(=O)c1cccc(NC(=O)CSc2nnc(COc3ccccc3)n2CCC(C)C)c1. The first-order valence-corrected chi connectivity index (χ1v) is 11.7. The molecule has 8 nitrogen and oxygen atoms in total. The third-order valence-electron chi connectivity index (χ3n) is 4.73. The fraction of sp³-hybridized carbons (Fsp3) is 0.333. The molecule has 0 radical (unpaired) electrons. The minimum Gasteiger partial charge on any atom is -0.486 e. The van der Waals surface area contributed by atoms with Crippen LogP contribution in [0.4, 0.5) is 5.69 Å². The van der Waals surface area contributed by atoms with Crippen molar-refractivity contribution in [3.05, 3.63) is 66.0 Å². The van der Waals surface area contributed by atoms with Crippen molar-refractivity contribution in [1.29, 1.82) is 0 Å². The number of benzene rings is 2. The number of para-hydroxylation sites is 1. The Balaban J connectivity index is 1.63. The molecule has 3 aromatic rings. The quantitative estimate of drug-likeness (QED) is 0.329. The number of amides is 1. The van der Waals surface area contributed by atoms with Gasteiger partial charge in [0, 0.05) is 12.2 Å². The first-order chi connectivity index (χ1) is 16.0. The number of rotatable bonds is 11. The summed E-state index contributed by atoms with van der Waals surface area (Å²) in [5, 5.41) is 12.1. The molecule has 0 aliphatic carbocycles. The van der Waals surface area contributed by atoms with Gasteiger partial charge in [0.05, 0.1) is 18.4 Å². The van der Waals surface area contributed by atoms with E-state index in [4.69, 9.17) is 9.47 Å². The van der Waals surface area contributed by atoms with Crippen molar-refractivity contribution in [1.82, 2.24) is 14.8 Å². The zero-order chi connectivity index (χ0) is 23.6. The zero-order valence-electron chi connectivity index (χ0n) is 19.0. The summed E-state index contributed by atoms with van der Waals surface area (Å²) in [5.41, 5.74) is 0.904. The Morgan fingerprint density at radius 2 is 1.88 bits per heavy atom. The minimum absolute atomic E-state index is 0.155. The Kier molecular flexibility index (Phi) is 8.88. The molecule has 0 bridgehead atoms. The number of methoxy groups -OCH3 is 1. The van der Waals surface area contributed by atoms with Gasteiger partial charge in [-0.1, -0.05) is 49.9 Å². The Morgan fingerprint density at radius 3 is 2.61 bits per heavy atom. The Bertz CT molecular complexity index is 1070. The van der Waals surface area contributed by atoms with Crippen molar-refractivity contribution < 1.29 is 19.1 Å². The standard InChI is InChI=1S/C24H28N4O4S/c1-17(2)12-13-28-21(15-32-20-10-5-4-6-11-20)26-27-24(28)33-16-22(29)25-19-9-7-8-18(14-19)23(30)31-3/h4-11,14,17H,12-13,15-16H2,1-3H3,(H,25,29). The van der Waals surface area contributed by atoms with Gasteiger partial charge < -0.3 is 19.4 Å². The van der Waals surface area contributed by atoms with Crippen molar-refractivity contribution in [3.8, 4) is 5.75 Å². The molecule has 9 heteroatoms. The Labute approximate surface area is 197 Å². The third kappa shape index (κ3) is 7.35. The lowest BCUT2D eigenvalue weighted by Crippen LogP contribution is -2.16. The number of hydrogen-bond acceptors (Lipinski definition) is 7. The first kappa shape index (κ1) is 24.3. The molecule has 0 aliphatic heterocycles. The van der Waals surface area contributed by atoms with Crippen molar-refractivity contribution >= 4 is 29.3 Å². The summed E-state index contributed by atoms with van der Waals surface area (Å²) in [6.07, 6.45) is 0.955. The van der Waals surface area contributed by atoms with Crippen LogP contribution >= 0.6 is 11.8 Å². The molecule has 1 heterocycles. The average Bonchev–Trinajstić information content (AvgIpc) is 3.22. The molecule has 0 fully saturated rings. The molecular formula is C24H28N4O4S. The molecule has 0 spiro atoms. The number of nitrogens with zero attached hydrogens (tertiary/aromatic N) is 3. The van der Waals surface area contributed by atoms with Crippen LogP contribution in [0.25, 0.3) is 0 Å². The molecule has 174 valence electrons. The van der Waals surface area contributed by atoms with Crippen LogP contribution in [0.2, 0.25) is 0 Å². The predicted octanol–water partition coefficient (Wildman–Crippen LogP) is 4.42. The fourth-order valence-corrected chi connectivity index (χ4v) is 3.76. The van der Waals surface area contributed by atoms with Gasteiger partial charge in [-0.2, -0.15) is 0 Å². The summed E-state index contributed by atoms with van der Waals surface area (Å²) < 4.78 is 12.6. The minimum atomic E-state index is -0.455. The highest BCUT2D eigenvalue weighted by Crippen LogP contribution is 2.21. The lowest BCUT2D eigenvalue weighted by molar-refractivity contribution is -0.113. The maximum absolute atomic E-state index is 12.5. The van der Waals surface area contributed by atoms with Crippen LogP contribution in [0.15, 0.2) is 59.8 Å². The van der Waals surface area contributed by atoms with E-state index >= 15 is 0 Å². The van der Waals surface area contributed by atoms with Crippen LogP contribution in [0.1, 0.15) is 36.5 Å². The molecule has 0 aliphatic rings. The zero-order valence-corrected chi connectivity index (χ0v) is 19.8. The highest BCUT2D eigenvalue weighted by molar-refractivity contribution is 7.99. The fourth-order valence-electron chi connectivity index (χ4n) is 2.98. The average molecular weight is 469 g/mol. The number of nitrogens with one attached hydrogen (secondary N) is 1. The second kappa shape index (κ2) is 12.1. The molecule has 3 rings (SSSR count). The monoisotopic (exact) mass is 468 g/mol. The van der Waals surface area contributed by atoms with Gasteiger partial charge in [0.1, 0.15) is 12.4 Å². The van der Waals surface area contributed by atoms with Gasteiger partial charge in [0.25, 0.3) is 0 Å². The van der Waals surface area contributed by atoms with E-state index in [1.165, 1.54) is 18.9 Å². The van der Waals surface area contributed by atoms with Crippen molar-refractivity contribution in [3.63, 3.8) is 0 Å². The molecule has 0 unspecified atom stereocenters. The molecule has 0 saturated carbocycles. The van der Waals surface area contributed by atoms with E-state index in [1.54, 1.807) is 24.3 Å². The van der Waals surface area contributed by atoms with E-state index in [0.29, 0.717) is 34.8 Å². The predicted molar refractivity (Wildman–Crippen MR) is 127 cm³/mol. The maximum Gasteiger partial charge on any atom is 0.337 e. The second-order valence-corrected chi connectivity index (χ2v) is 8.69. The van der Waals surface area contributed by atoms with Gasteiger partial charge in [-0.05, 0) is 42.7 Å². The molecule has 0 saturated heterocycles. The van der Waals surface area contributed by atoms with Crippen molar-refractivity contribution in [2.75, 3.05) is 18.2 Å². The van der Waals surface area contributed by atoms with Crippen LogP contribution in [0, 0.1) is 5.92 Å². The first-order valence-electron chi connectivity index (χ1n) is 10.7. The number of esters is 1. The molecular weight excluding hydrogens is 440 g/mol. The second-order valence-electron chi connectivity index (χ2n) is 7.74. The van der Waals surface area contributed by atoms with Gasteiger partial charge in [-0.25, -0.2) is 4.79 Å². The Hall–Kier alpha value is -3.33. The van der Waals surface area contributed by atoms with Crippen LogP contribution in [-0.2, 0) is 22.7 Å². The smallest absolute Gasteiger partial charge is 0.337 e. The van der Waals surface area contributed by atoms with E-state index in [0.717, 1.165) is 18.7 Å². The number of anilines is 1. The van der Waals surface area contributed by atoms with Gasteiger partial charge in [0.2, 0.25) is 5.91 Å². The Morgan fingerprint density at radius 1 is 1.09 bits per heavy atom. The topological polar surface area (TPSA) is 95.3 Å². The number of aromatic nitrogens is 3. The van der Waals surface area contributed by atoms with Gasteiger partial charge >= 0.3 is 5.97 Å². The number of ether oxygens (including phenoxy) is 2. The summed E-state index contributed by atoms with van der Waals surface area (Å²) in [6.45, 7) is 5.35. The normalized spacial score (nSPS) is 10.8. The number of carbonyl (C=O) groups is 2. The third-order valence-corrected chi connectivity index (χ3v) is 5.70. The number of thioether (sulfide) groups is 1. The maximum atomic E-state index is 12.5. The number of carbonyl (C=O) groups excluding carboxylic acids is 2. The van der Waals surface area contributed by atoms with Gasteiger partial charge in [-0.3, -0.25) is 4.79 Å². The van der Waals surface area contributed by atoms with E-state index in [9.17, 15) is 9.59 Å². The summed E-state index contributed by atoms with van der Waals surface area (Å²) in [7, 11) is 1.32.